The van der Waals surface area contributed by atoms with Gasteiger partial charge in [-0.05, 0) is 62.2 Å². The molecule has 2 aromatic carbocycles. The topological polar surface area (TPSA) is 136 Å². The van der Waals surface area contributed by atoms with Gasteiger partial charge in [0.05, 0.1) is 23.4 Å². The van der Waals surface area contributed by atoms with Crippen LogP contribution in [0, 0.1) is 5.82 Å². The lowest BCUT2D eigenvalue weighted by Gasteiger charge is -2.38. The van der Waals surface area contributed by atoms with Gasteiger partial charge in [0.25, 0.3) is 5.91 Å². The predicted octanol–water partition coefficient (Wildman–Crippen LogP) is 4.75. The summed E-state index contributed by atoms with van der Waals surface area (Å²) >= 11 is 0. The molecule has 0 unspecified atom stereocenters. The molecule has 1 heterocycles. The van der Waals surface area contributed by atoms with Crippen LogP contribution in [0.4, 0.5) is 32.8 Å². The SMILES string of the molecule is CC(C)(C)OC(=O)Nc1ccc(-c2cc(F)cc(C(F)(F)F)c2)cc1C(=O)N1CCN(C(=O)O)C[C@H]1C(=O)O. The van der Waals surface area contributed by atoms with Crippen molar-refractivity contribution in [1.82, 2.24) is 9.80 Å². The molecule has 1 fully saturated rings. The Morgan fingerprint density at radius 1 is 0.974 bits per heavy atom. The molecule has 39 heavy (non-hydrogen) atoms. The van der Waals surface area contributed by atoms with E-state index in [4.69, 9.17) is 4.74 Å². The number of halogens is 4. The molecule has 3 amide bonds. The van der Waals surface area contributed by atoms with Crippen LogP contribution in [0.1, 0.15) is 36.7 Å². The van der Waals surface area contributed by atoms with E-state index in [-0.39, 0.29) is 35.5 Å². The number of carbonyl (C=O) groups excluding carboxylic acids is 2. The van der Waals surface area contributed by atoms with Crippen LogP contribution in [0.2, 0.25) is 0 Å². The minimum Gasteiger partial charge on any atom is -0.480 e. The molecule has 0 aromatic heterocycles. The van der Waals surface area contributed by atoms with Crippen molar-refractivity contribution in [3.8, 4) is 11.1 Å². The van der Waals surface area contributed by atoms with Gasteiger partial charge >= 0.3 is 24.3 Å². The first-order valence-corrected chi connectivity index (χ1v) is 11.5. The van der Waals surface area contributed by atoms with Gasteiger partial charge in [0, 0.05) is 13.1 Å². The van der Waals surface area contributed by atoms with Gasteiger partial charge in [0.15, 0.2) is 0 Å². The number of piperazine rings is 1. The highest BCUT2D eigenvalue weighted by Gasteiger charge is 2.38. The average Bonchev–Trinajstić information content (AvgIpc) is 2.81. The number of hydrogen-bond donors (Lipinski definition) is 3. The highest BCUT2D eigenvalue weighted by atomic mass is 19.4. The molecule has 0 spiro atoms. The molecule has 0 bridgehead atoms. The smallest absolute Gasteiger partial charge is 0.416 e. The number of benzene rings is 2. The van der Waals surface area contributed by atoms with Crippen molar-refractivity contribution in [2.24, 2.45) is 0 Å². The highest BCUT2D eigenvalue weighted by molar-refractivity contribution is 6.05. The number of nitrogens with zero attached hydrogens (tertiary/aromatic N) is 2. The number of amides is 3. The number of hydrogen-bond acceptors (Lipinski definition) is 5. The van der Waals surface area contributed by atoms with Gasteiger partial charge in [-0.25, -0.2) is 18.8 Å². The van der Waals surface area contributed by atoms with Crippen molar-refractivity contribution in [2.45, 2.75) is 38.6 Å². The Hall–Kier alpha value is -4.36. The van der Waals surface area contributed by atoms with Gasteiger partial charge in [-0.3, -0.25) is 10.1 Å². The van der Waals surface area contributed by atoms with Crippen molar-refractivity contribution >= 4 is 29.8 Å². The van der Waals surface area contributed by atoms with Crippen LogP contribution in [0.5, 0.6) is 0 Å². The Kier molecular flexibility index (Phi) is 8.08. The van der Waals surface area contributed by atoms with Gasteiger partial charge in [-0.1, -0.05) is 6.07 Å². The minimum atomic E-state index is -4.85. The van der Waals surface area contributed by atoms with Crippen LogP contribution >= 0.6 is 0 Å². The molecular weight excluding hydrogens is 530 g/mol. The largest absolute Gasteiger partial charge is 0.480 e. The normalized spacial score (nSPS) is 16.0. The maximum Gasteiger partial charge on any atom is 0.416 e. The lowest BCUT2D eigenvalue weighted by atomic mass is 9.98. The fourth-order valence-corrected chi connectivity index (χ4v) is 3.91. The molecule has 3 N–H and O–H groups in total. The first-order valence-electron chi connectivity index (χ1n) is 11.5. The molecule has 1 atom stereocenters. The molecule has 1 aliphatic heterocycles. The number of carbonyl (C=O) groups is 4. The fraction of sp³-hybridized carbons (Fsp3) is 0.360. The van der Waals surface area contributed by atoms with Gasteiger partial charge < -0.3 is 24.7 Å². The van der Waals surface area contributed by atoms with Crippen molar-refractivity contribution in [3.63, 3.8) is 0 Å². The van der Waals surface area contributed by atoms with E-state index in [1.807, 2.05) is 0 Å². The van der Waals surface area contributed by atoms with Crippen LogP contribution in [-0.2, 0) is 15.7 Å². The number of carboxylic acid groups (broad SMARTS) is 2. The van der Waals surface area contributed by atoms with E-state index in [2.05, 4.69) is 5.32 Å². The van der Waals surface area contributed by atoms with Crippen molar-refractivity contribution in [1.29, 1.82) is 0 Å². The number of ether oxygens (including phenoxy) is 1. The lowest BCUT2D eigenvalue weighted by molar-refractivity contribution is -0.144. The van der Waals surface area contributed by atoms with Crippen LogP contribution in [0.3, 0.4) is 0 Å². The molecule has 0 saturated carbocycles. The number of nitrogens with one attached hydrogen (secondary N) is 1. The quantitative estimate of drug-likeness (QED) is 0.464. The molecule has 0 radical (unpaired) electrons. The molecule has 210 valence electrons. The predicted molar refractivity (Wildman–Crippen MR) is 129 cm³/mol. The zero-order valence-corrected chi connectivity index (χ0v) is 21.0. The molecule has 3 rings (SSSR count). The molecule has 0 aliphatic carbocycles. The van der Waals surface area contributed by atoms with Crippen LogP contribution in [0.25, 0.3) is 11.1 Å². The second kappa shape index (κ2) is 10.8. The minimum absolute atomic E-state index is 0.0332. The van der Waals surface area contributed by atoms with E-state index in [0.29, 0.717) is 12.1 Å². The Bertz CT molecular complexity index is 1310. The number of anilines is 1. The van der Waals surface area contributed by atoms with E-state index in [1.165, 1.54) is 12.1 Å². The zero-order valence-electron chi connectivity index (χ0n) is 21.0. The molecule has 1 aliphatic rings. The maximum atomic E-state index is 14.1. The van der Waals surface area contributed by atoms with E-state index in [1.54, 1.807) is 20.8 Å². The molecule has 1 saturated heterocycles. The van der Waals surface area contributed by atoms with Gasteiger partial charge in [0.1, 0.15) is 17.5 Å². The van der Waals surface area contributed by atoms with Gasteiger partial charge in [-0.2, -0.15) is 13.2 Å². The first kappa shape index (κ1) is 29.2. The highest BCUT2D eigenvalue weighted by Crippen LogP contribution is 2.35. The van der Waals surface area contributed by atoms with Gasteiger partial charge in [-0.15, -0.1) is 0 Å². The van der Waals surface area contributed by atoms with Crippen LogP contribution in [0.15, 0.2) is 36.4 Å². The summed E-state index contributed by atoms with van der Waals surface area (Å²) in [5, 5.41) is 21.3. The molecular formula is C25H25F4N3O7. The first-order chi connectivity index (χ1) is 18.0. The second-order valence-electron chi connectivity index (χ2n) is 9.69. The summed E-state index contributed by atoms with van der Waals surface area (Å²) in [6.07, 6.45) is -7.21. The number of carboxylic acids is 1. The summed E-state index contributed by atoms with van der Waals surface area (Å²) < 4.78 is 59.1. The molecule has 10 nitrogen and oxygen atoms in total. The maximum absolute atomic E-state index is 14.1. The Morgan fingerprint density at radius 2 is 1.64 bits per heavy atom. The van der Waals surface area contributed by atoms with Crippen LogP contribution in [-0.4, -0.2) is 75.4 Å². The van der Waals surface area contributed by atoms with E-state index in [0.717, 1.165) is 21.9 Å². The summed E-state index contributed by atoms with van der Waals surface area (Å²) in [7, 11) is 0. The van der Waals surface area contributed by atoms with Crippen LogP contribution < -0.4 is 5.32 Å². The van der Waals surface area contributed by atoms with Crippen molar-refractivity contribution in [3.05, 3.63) is 53.3 Å². The summed E-state index contributed by atoms with van der Waals surface area (Å²) in [4.78, 5) is 51.0. The Balaban J connectivity index is 2.10. The number of alkyl halides is 3. The van der Waals surface area contributed by atoms with E-state index < -0.39 is 59.8 Å². The fourth-order valence-electron chi connectivity index (χ4n) is 3.91. The van der Waals surface area contributed by atoms with Crippen molar-refractivity contribution in [2.75, 3.05) is 25.0 Å². The third-order valence-corrected chi connectivity index (χ3v) is 5.64. The monoisotopic (exact) mass is 555 g/mol. The number of rotatable bonds is 4. The third-order valence-electron chi connectivity index (χ3n) is 5.64. The van der Waals surface area contributed by atoms with E-state index in [9.17, 15) is 47.0 Å². The summed E-state index contributed by atoms with van der Waals surface area (Å²) in [6, 6.07) is 3.75. The summed E-state index contributed by atoms with van der Waals surface area (Å²) in [6.45, 7) is 3.69. The number of aliphatic carboxylic acids is 1. The molecule has 14 heteroatoms. The van der Waals surface area contributed by atoms with E-state index >= 15 is 0 Å². The standard InChI is InChI=1S/C25H25F4N3O7/c1-24(2,3)39-22(36)30-18-5-4-13(14-8-15(25(27,28)29)11-16(26)9-14)10-17(18)20(33)32-7-6-31(23(37)38)12-19(32)21(34)35/h4-5,8-11,19H,6-7,12H2,1-3H3,(H,30,36)(H,34,35)(H,37,38)/t19-/m0/s1. The van der Waals surface area contributed by atoms with Crippen molar-refractivity contribution < 1.29 is 51.7 Å². The molecule has 2 aromatic rings. The zero-order chi connectivity index (χ0) is 29.3. The lowest BCUT2D eigenvalue weighted by Crippen LogP contribution is -2.59. The Labute approximate surface area is 219 Å². The Morgan fingerprint density at radius 3 is 2.21 bits per heavy atom. The average molecular weight is 555 g/mol. The third kappa shape index (κ3) is 7.15. The second-order valence-corrected chi connectivity index (χ2v) is 9.69. The van der Waals surface area contributed by atoms with Gasteiger partial charge in [0.2, 0.25) is 0 Å². The summed E-state index contributed by atoms with van der Waals surface area (Å²) in [5.74, 6) is -3.63. The summed E-state index contributed by atoms with van der Waals surface area (Å²) in [5.41, 5.74) is -2.94.